The summed E-state index contributed by atoms with van der Waals surface area (Å²) in [5.74, 6) is 1.10. The maximum atomic E-state index is 12.0. The van der Waals surface area contributed by atoms with Crippen molar-refractivity contribution < 1.29 is 4.79 Å². The van der Waals surface area contributed by atoms with E-state index in [-0.39, 0.29) is 11.9 Å². The minimum atomic E-state index is -0.0587. The molecule has 2 aromatic rings. The third-order valence-electron chi connectivity index (χ3n) is 3.13. The Morgan fingerprint density at radius 2 is 2.05 bits per heavy atom. The number of amides is 1. The average molecular weight is 325 g/mol. The predicted molar refractivity (Wildman–Crippen MR) is 84.5 cm³/mol. The quantitative estimate of drug-likeness (QED) is 0.859. The highest BCUT2D eigenvalue weighted by Crippen LogP contribution is 2.18. The van der Waals surface area contributed by atoms with Crippen LogP contribution in [0, 0.1) is 6.92 Å². The highest BCUT2D eigenvalue weighted by Gasteiger charge is 2.12. The molecule has 1 aromatic carbocycles. The molecular weight excluding hydrogens is 308 g/mol. The van der Waals surface area contributed by atoms with E-state index in [4.69, 9.17) is 11.6 Å². The molecular formula is C14H17ClN4OS. The van der Waals surface area contributed by atoms with Gasteiger partial charge in [-0.25, -0.2) is 0 Å². The first-order valence-electron chi connectivity index (χ1n) is 6.51. The summed E-state index contributed by atoms with van der Waals surface area (Å²) in [5, 5.41) is 12.3. The van der Waals surface area contributed by atoms with Crippen molar-refractivity contribution in [3.63, 3.8) is 0 Å². The summed E-state index contributed by atoms with van der Waals surface area (Å²) in [7, 11) is 1.88. The first-order valence-corrected chi connectivity index (χ1v) is 7.87. The van der Waals surface area contributed by atoms with Crippen LogP contribution >= 0.6 is 23.4 Å². The van der Waals surface area contributed by atoms with E-state index in [1.165, 1.54) is 11.8 Å². The fraction of sp³-hybridized carbons (Fsp3) is 0.357. The molecule has 0 aliphatic rings. The van der Waals surface area contributed by atoms with Gasteiger partial charge in [0.15, 0.2) is 5.16 Å². The lowest BCUT2D eigenvalue weighted by atomic mass is 10.1. The Balaban J connectivity index is 1.87. The van der Waals surface area contributed by atoms with Crippen molar-refractivity contribution in [2.45, 2.75) is 25.0 Å². The number of aryl methyl sites for hydroxylation is 1. The molecule has 2 rings (SSSR count). The second-order valence-corrected chi connectivity index (χ2v) is 6.10. The highest BCUT2D eigenvalue weighted by molar-refractivity contribution is 7.99. The van der Waals surface area contributed by atoms with Crippen LogP contribution < -0.4 is 5.32 Å². The molecule has 21 heavy (non-hydrogen) atoms. The Morgan fingerprint density at radius 3 is 2.62 bits per heavy atom. The number of nitrogens with zero attached hydrogens (tertiary/aromatic N) is 3. The van der Waals surface area contributed by atoms with Crippen molar-refractivity contribution in [1.82, 2.24) is 20.1 Å². The molecule has 1 amide bonds. The van der Waals surface area contributed by atoms with Crippen molar-refractivity contribution in [1.29, 1.82) is 0 Å². The van der Waals surface area contributed by atoms with Gasteiger partial charge in [0.25, 0.3) is 0 Å². The molecule has 7 heteroatoms. The normalized spacial score (nSPS) is 12.2. The molecule has 1 heterocycles. The largest absolute Gasteiger partial charge is 0.349 e. The predicted octanol–water partition coefficient (Wildman–Crippen LogP) is 2.75. The topological polar surface area (TPSA) is 59.8 Å². The molecule has 112 valence electrons. The number of rotatable bonds is 5. The van der Waals surface area contributed by atoms with Crippen molar-refractivity contribution in [3.05, 3.63) is 40.7 Å². The smallest absolute Gasteiger partial charge is 0.230 e. The lowest BCUT2D eigenvalue weighted by Gasteiger charge is -2.14. The van der Waals surface area contributed by atoms with Gasteiger partial charge in [0.2, 0.25) is 5.91 Å². The van der Waals surface area contributed by atoms with Crippen molar-refractivity contribution in [2.24, 2.45) is 7.05 Å². The van der Waals surface area contributed by atoms with Crippen molar-refractivity contribution in [2.75, 3.05) is 5.75 Å². The molecule has 0 aliphatic carbocycles. The monoisotopic (exact) mass is 324 g/mol. The summed E-state index contributed by atoms with van der Waals surface area (Å²) in [6.07, 6.45) is 0. The van der Waals surface area contributed by atoms with Crippen molar-refractivity contribution >= 4 is 29.3 Å². The molecule has 0 unspecified atom stereocenters. The Labute approximate surface area is 133 Å². The molecule has 1 aromatic heterocycles. The number of benzene rings is 1. The van der Waals surface area contributed by atoms with Gasteiger partial charge in [-0.2, -0.15) is 0 Å². The van der Waals surface area contributed by atoms with E-state index in [2.05, 4.69) is 15.5 Å². The number of aromatic nitrogens is 3. The fourth-order valence-electron chi connectivity index (χ4n) is 1.76. The maximum absolute atomic E-state index is 12.0. The molecule has 0 fully saturated rings. The fourth-order valence-corrected chi connectivity index (χ4v) is 2.66. The van der Waals surface area contributed by atoms with Gasteiger partial charge >= 0.3 is 0 Å². The van der Waals surface area contributed by atoms with Gasteiger partial charge in [0.05, 0.1) is 11.8 Å². The summed E-state index contributed by atoms with van der Waals surface area (Å²) in [5.41, 5.74) is 1.02. The van der Waals surface area contributed by atoms with E-state index in [0.29, 0.717) is 10.8 Å². The van der Waals surface area contributed by atoms with Crippen LogP contribution in [0.4, 0.5) is 0 Å². The number of hydrogen-bond acceptors (Lipinski definition) is 4. The van der Waals surface area contributed by atoms with E-state index in [9.17, 15) is 4.79 Å². The second-order valence-electron chi connectivity index (χ2n) is 4.72. The first kappa shape index (κ1) is 15.9. The Kier molecular flexibility index (Phi) is 5.25. The summed E-state index contributed by atoms with van der Waals surface area (Å²) in [6.45, 7) is 3.82. The molecule has 0 spiro atoms. The van der Waals surface area contributed by atoms with Gasteiger partial charge in [0, 0.05) is 12.1 Å². The zero-order chi connectivity index (χ0) is 15.4. The van der Waals surface area contributed by atoms with Gasteiger partial charge < -0.3 is 9.88 Å². The number of halogens is 1. The second kappa shape index (κ2) is 6.95. The number of nitrogens with one attached hydrogen (secondary N) is 1. The summed E-state index contributed by atoms with van der Waals surface area (Å²) in [6, 6.07) is 7.39. The van der Waals surface area contributed by atoms with Gasteiger partial charge in [-0.3, -0.25) is 4.79 Å². The SMILES string of the molecule is Cc1nnc(SCC(=O)N[C@H](C)c2ccc(Cl)cc2)n1C. The minimum absolute atomic E-state index is 0.0388. The number of thioether (sulfide) groups is 1. The van der Waals surface area contributed by atoms with Gasteiger partial charge in [-0.1, -0.05) is 35.5 Å². The van der Waals surface area contributed by atoms with Crippen LogP contribution in [0.25, 0.3) is 0 Å². The Bertz CT molecular complexity index is 626. The van der Waals surface area contributed by atoms with Crippen LogP contribution in [0.2, 0.25) is 5.02 Å². The minimum Gasteiger partial charge on any atom is -0.349 e. The molecule has 0 bridgehead atoms. The third-order valence-corrected chi connectivity index (χ3v) is 4.40. The van der Waals surface area contributed by atoms with E-state index in [0.717, 1.165) is 16.5 Å². The summed E-state index contributed by atoms with van der Waals surface area (Å²) in [4.78, 5) is 12.0. The van der Waals surface area contributed by atoms with E-state index >= 15 is 0 Å². The molecule has 1 atom stereocenters. The molecule has 0 saturated heterocycles. The number of carbonyl (C=O) groups excluding carboxylic acids is 1. The molecule has 5 nitrogen and oxygen atoms in total. The Morgan fingerprint density at radius 1 is 1.38 bits per heavy atom. The van der Waals surface area contributed by atoms with Crippen LogP contribution in [-0.2, 0) is 11.8 Å². The lowest BCUT2D eigenvalue weighted by Crippen LogP contribution is -2.28. The maximum Gasteiger partial charge on any atom is 0.230 e. The number of carbonyl (C=O) groups is 1. The van der Waals surface area contributed by atoms with Crippen LogP contribution in [0.3, 0.4) is 0 Å². The van der Waals surface area contributed by atoms with E-state index in [1.54, 1.807) is 0 Å². The molecule has 0 saturated carbocycles. The first-order chi connectivity index (χ1) is 9.97. The molecule has 0 radical (unpaired) electrons. The lowest BCUT2D eigenvalue weighted by molar-refractivity contribution is -0.119. The molecule has 0 aliphatic heterocycles. The average Bonchev–Trinajstić information content (AvgIpc) is 2.77. The zero-order valence-corrected chi connectivity index (χ0v) is 13.7. The highest BCUT2D eigenvalue weighted by atomic mass is 35.5. The van der Waals surface area contributed by atoms with E-state index < -0.39 is 0 Å². The third kappa shape index (κ3) is 4.22. The number of hydrogen-bond donors (Lipinski definition) is 1. The van der Waals surface area contributed by atoms with Gasteiger partial charge in [-0.15, -0.1) is 10.2 Å². The van der Waals surface area contributed by atoms with Crippen molar-refractivity contribution in [3.8, 4) is 0 Å². The summed E-state index contributed by atoms with van der Waals surface area (Å²) >= 11 is 7.22. The van der Waals surface area contributed by atoms with Crippen LogP contribution in [0.5, 0.6) is 0 Å². The van der Waals surface area contributed by atoms with Crippen LogP contribution in [-0.4, -0.2) is 26.4 Å². The van der Waals surface area contributed by atoms with E-state index in [1.807, 2.05) is 49.7 Å². The Hall–Kier alpha value is -1.53. The standard InChI is InChI=1S/C14H17ClN4OS/c1-9(11-4-6-12(15)7-5-11)16-13(20)8-21-14-18-17-10(2)19(14)3/h4-7,9H,8H2,1-3H3,(H,16,20)/t9-/m1/s1. The van der Waals surface area contributed by atoms with Gasteiger partial charge in [-0.05, 0) is 31.5 Å². The molecule has 1 N–H and O–H groups in total. The zero-order valence-electron chi connectivity index (χ0n) is 12.1. The van der Waals surface area contributed by atoms with Crippen LogP contribution in [0.1, 0.15) is 24.4 Å². The summed E-state index contributed by atoms with van der Waals surface area (Å²) < 4.78 is 1.86. The van der Waals surface area contributed by atoms with Crippen LogP contribution in [0.15, 0.2) is 29.4 Å². The van der Waals surface area contributed by atoms with Gasteiger partial charge in [0.1, 0.15) is 5.82 Å².